The Morgan fingerprint density at radius 2 is 1.86 bits per heavy atom. The topological polar surface area (TPSA) is 92.4 Å². The van der Waals surface area contributed by atoms with Gasteiger partial charge >= 0.3 is 0 Å². The first kappa shape index (κ1) is 15.8. The Hall–Kier alpha value is -1.60. The van der Waals surface area contributed by atoms with E-state index >= 15 is 0 Å². The number of anilines is 1. The van der Waals surface area contributed by atoms with E-state index in [2.05, 4.69) is 4.72 Å². The van der Waals surface area contributed by atoms with Crippen LogP contribution in [0.25, 0.3) is 0 Å². The molecule has 2 rings (SSSR count). The van der Waals surface area contributed by atoms with E-state index in [9.17, 15) is 13.5 Å². The number of nitrogens with one attached hydrogen (secondary N) is 1. The number of aliphatic hydroxyl groups excluding tert-OH is 1. The van der Waals surface area contributed by atoms with Gasteiger partial charge < -0.3 is 10.8 Å². The number of sulfonamides is 1. The van der Waals surface area contributed by atoms with Crippen molar-refractivity contribution in [3.05, 3.63) is 59.1 Å². The summed E-state index contributed by atoms with van der Waals surface area (Å²) in [6.45, 7) is -0.155. The number of rotatable bonds is 5. The maximum atomic E-state index is 12.2. The molecule has 0 saturated carbocycles. The molecule has 0 spiro atoms. The third-order valence-corrected chi connectivity index (χ3v) is 4.80. The van der Waals surface area contributed by atoms with E-state index in [1.807, 2.05) is 6.07 Å². The third kappa shape index (κ3) is 3.95. The van der Waals surface area contributed by atoms with Crippen molar-refractivity contribution in [2.75, 3.05) is 12.3 Å². The van der Waals surface area contributed by atoms with Crippen LogP contribution in [0, 0.1) is 0 Å². The molecule has 5 nitrogen and oxygen atoms in total. The molecule has 0 aliphatic heterocycles. The molecule has 0 aliphatic rings. The van der Waals surface area contributed by atoms with Crippen LogP contribution in [0.2, 0.25) is 5.02 Å². The molecule has 0 aromatic heterocycles. The van der Waals surface area contributed by atoms with Gasteiger partial charge in [0.2, 0.25) is 10.0 Å². The maximum absolute atomic E-state index is 12.2. The third-order valence-electron chi connectivity index (χ3n) is 2.90. The van der Waals surface area contributed by atoms with Crippen LogP contribution in [-0.2, 0) is 10.0 Å². The molecule has 1 atom stereocenters. The van der Waals surface area contributed by atoms with Gasteiger partial charge in [-0.1, -0.05) is 41.9 Å². The van der Waals surface area contributed by atoms with Gasteiger partial charge in [0.05, 0.1) is 11.1 Å². The Morgan fingerprint density at radius 3 is 2.52 bits per heavy atom. The first-order valence-corrected chi connectivity index (χ1v) is 8.04. The summed E-state index contributed by atoms with van der Waals surface area (Å²) in [5.74, 6) is 0. The van der Waals surface area contributed by atoms with Crippen LogP contribution in [0.4, 0.5) is 5.69 Å². The molecule has 0 saturated heterocycles. The van der Waals surface area contributed by atoms with E-state index in [4.69, 9.17) is 17.3 Å². The van der Waals surface area contributed by atoms with E-state index in [1.54, 1.807) is 24.3 Å². The van der Waals surface area contributed by atoms with Gasteiger partial charge in [-0.15, -0.1) is 0 Å². The lowest BCUT2D eigenvalue weighted by Gasteiger charge is -2.13. The van der Waals surface area contributed by atoms with Crippen LogP contribution in [0.15, 0.2) is 53.4 Å². The van der Waals surface area contributed by atoms with E-state index in [0.29, 0.717) is 11.3 Å². The Balaban J connectivity index is 2.13. The normalized spacial score (nSPS) is 13.0. The summed E-state index contributed by atoms with van der Waals surface area (Å²) >= 11 is 5.88. The summed E-state index contributed by atoms with van der Waals surface area (Å²) < 4.78 is 26.7. The highest BCUT2D eigenvalue weighted by atomic mass is 35.5. The first-order chi connectivity index (χ1) is 9.90. The van der Waals surface area contributed by atoms with Crippen molar-refractivity contribution in [3.63, 3.8) is 0 Å². The molecule has 0 aliphatic carbocycles. The van der Waals surface area contributed by atoms with Crippen molar-refractivity contribution in [3.8, 4) is 0 Å². The van der Waals surface area contributed by atoms with E-state index in [0.717, 1.165) is 0 Å². The highest BCUT2D eigenvalue weighted by Crippen LogP contribution is 2.23. The molecule has 2 aromatic carbocycles. The largest absolute Gasteiger partial charge is 0.399 e. The number of nitrogen functional groups attached to an aromatic ring is 1. The molecular formula is C14H15ClN2O3S. The van der Waals surface area contributed by atoms with Crippen LogP contribution in [0.5, 0.6) is 0 Å². The predicted octanol–water partition coefficient (Wildman–Crippen LogP) is 1.93. The summed E-state index contributed by atoms with van der Waals surface area (Å²) in [6.07, 6.45) is -0.944. The standard InChI is InChI=1S/C14H15ClN2O3S/c15-12-7-6-11(16)8-14(12)21(19,20)17-9-13(18)10-4-2-1-3-5-10/h1-8,13,17-18H,9,16H2. The summed E-state index contributed by atoms with van der Waals surface area (Å²) in [6, 6.07) is 13.0. The maximum Gasteiger partial charge on any atom is 0.242 e. The van der Waals surface area contributed by atoms with Crippen LogP contribution < -0.4 is 10.5 Å². The van der Waals surface area contributed by atoms with E-state index in [1.165, 1.54) is 18.2 Å². The highest BCUT2D eigenvalue weighted by molar-refractivity contribution is 7.89. The minimum absolute atomic E-state index is 0.0749. The zero-order valence-electron chi connectivity index (χ0n) is 11.0. The molecular weight excluding hydrogens is 312 g/mol. The molecule has 0 fully saturated rings. The van der Waals surface area contributed by atoms with Crippen molar-refractivity contribution in [1.29, 1.82) is 0 Å². The second kappa shape index (κ2) is 6.44. The van der Waals surface area contributed by atoms with Gasteiger partial charge in [-0.2, -0.15) is 0 Å². The highest BCUT2D eigenvalue weighted by Gasteiger charge is 2.19. The number of halogens is 1. The fraction of sp³-hybridized carbons (Fsp3) is 0.143. The Labute approximate surface area is 128 Å². The van der Waals surface area contributed by atoms with Gasteiger partial charge in [0.25, 0.3) is 0 Å². The molecule has 0 bridgehead atoms. The fourth-order valence-corrected chi connectivity index (χ4v) is 3.36. The average molecular weight is 327 g/mol. The molecule has 112 valence electrons. The molecule has 2 aromatic rings. The van der Waals surface area contributed by atoms with Gasteiger partial charge in [0.1, 0.15) is 4.90 Å². The summed E-state index contributed by atoms with van der Waals surface area (Å²) in [7, 11) is -3.84. The second-order valence-corrected chi connectivity index (χ2v) is 6.61. The van der Waals surface area contributed by atoms with Gasteiger partial charge in [-0.05, 0) is 23.8 Å². The van der Waals surface area contributed by atoms with E-state index in [-0.39, 0.29) is 16.5 Å². The smallest absolute Gasteiger partial charge is 0.242 e. The number of nitrogens with two attached hydrogens (primary N) is 1. The first-order valence-electron chi connectivity index (χ1n) is 6.18. The Morgan fingerprint density at radius 1 is 1.19 bits per heavy atom. The molecule has 0 radical (unpaired) electrons. The zero-order valence-corrected chi connectivity index (χ0v) is 12.6. The van der Waals surface area contributed by atoms with Crippen molar-refractivity contribution >= 4 is 27.3 Å². The number of hydrogen-bond acceptors (Lipinski definition) is 4. The molecule has 0 heterocycles. The molecule has 4 N–H and O–H groups in total. The zero-order chi connectivity index (χ0) is 15.5. The van der Waals surface area contributed by atoms with Crippen molar-refractivity contribution in [2.24, 2.45) is 0 Å². The minimum Gasteiger partial charge on any atom is -0.399 e. The lowest BCUT2D eigenvalue weighted by molar-refractivity contribution is 0.182. The van der Waals surface area contributed by atoms with Gasteiger partial charge in [-0.25, -0.2) is 13.1 Å². The Kier molecular flexibility index (Phi) is 4.84. The second-order valence-electron chi connectivity index (χ2n) is 4.47. The van der Waals surface area contributed by atoms with Crippen molar-refractivity contribution in [2.45, 2.75) is 11.0 Å². The van der Waals surface area contributed by atoms with Crippen LogP contribution >= 0.6 is 11.6 Å². The molecule has 1 unspecified atom stereocenters. The van der Waals surface area contributed by atoms with Gasteiger partial charge in [-0.3, -0.25) is 0 Å². The van der Waals surface area contributed by atoms with Crippen molar-refractivity contribution in [1.82, 2.24) is 4.72 Å². The minimum atomic E-state index is -3.84. The number of aliphatic hydroxyl groups is 1. The summed E-state index contributed by atoms with van der Waals surface area (Å²) in [5, 5.41) is 10.0. The summed E-state index contributed by atoms with van der Waals surface area (Å²) in [4.78, 5) is -0.107. The van der Waals surface area contributed by atoms with Crippen molar-refractivity contribution < 1.29 is 13.5 Å². The predicted molar refractivity (Wildman–Crippen MR) is 82.5 cm³/mol. The summed E-state index contributed by atoms with van der Waals surface area (Å²) in [5.41, 5.74) is 6.49. The van der Waals surface area contributed by atoms with Crippen LogP contribution in [0.3, 0.4) is 0 Å². The van der Waals surface area contributed by atoms with Crippen LogP contribution in [0.1, 0.15) is 11.7 Å². The van der Waals surface area contributed by atoms with E-state index < -0.39 is 16.1 Å². The lowest BCUT2D eigenvalue weighted by atomic mass is 10.1. The molecule has 0 amide bonds. The number of benzene rings is 2. The SMILES string of the molecule is Nc1ccc(Cl)c(S(=O)(=O)NCC(O)c2ccccc2)c1. The van der Waals surface area contributed by atoms with Gasteiger partial charge in [0, 0.05) is 12.2 Å². The quantitative estimate of drug-likeness (QED) is 0.732. The van der Waals surface area contributed by atoms with Crippen LogP contribution in [-0.4, -0.2) is 20.1 Å². The lowest BCUT2D eigenvalue weighted by Crippen LogP contribution is -2.28. The Bertz CT molecular complexity index is 720. The fourth-order valence-electron chi connectivity index (χ4n) is 1.79. The van der Waals surface area contributed by atoms with Gasteiger partial charge in [0.15, 0.2) is 0 Å². The molecule has 7 heteroatoms. The molecule has 21 heavy (non-hydrogen) atoms. The monoisotopic (exact) mass is 326 g/mol. The average Bonchev–Trinajstić information content (AvgIpc) is 2.48. The number of hydrogen-bond donors (Lipinski definition) is 3.